The molecule has 0 bridgehead atoms. The maximum atomic E-state index is 10.6. The Kier molecular flexibility index (Phi) is 3.08. The molecule has 0 aromatic carbocycles. The minimum absolute atomic E-state index is 0. The molecular formula is C5H8BrN3O. The number of hydrogen-bond donors (Lipinski definition) is 1. The lowest BCUT2D eigenvalue weighted by molar-refractivity contribution is 0.814. The van der Waals surface area contributed by atoms with E-state index in [1.807, 2.05) is 0 Å². The van der Waals surface area contributed by atoms with E-state index < -0.39 is 0 Å². The summed E-state index contributed by atoms with van der Waals surface area (Å²) in [7, 11) is 1.62. The van der Waals surface area contributed by atoms with Gasteiger partial charge in [-0.15, -0.1) is 17.0 Å². The highest BCUT2D eigenvalue weighted by atomic mass is 79.9. The van der Waals surface area contributed by atoms with Gasteiger partial charge in [-0.3, -0.25) is 0 Å². The summed E-state index contributed by atoms with van der Waals surface area (Å²) in [6.45, 7) is 0. The second-order valence-corrected chi connectivity index (χ2v) is 1.75. The Bertz CT molecular complexity index is 270. The third kappa shape index (κ3) is 1.84. The number of nitrogen functional groups attached to an aromatic ring is 1. The third-order valence-corrected chi connectivity index (χ3v) is 0.995. The molecular weight excluding hydrogens is 198 g/mol. The van der Waals surface area contributed by atoms with E-state index in [2.05, 4.69) is 4.98 Å². The third-order valence-electron chi connectivity index (χ3n) is 0.995. The van der Waals surface area contributed by atoms with Crippen LogP contribution >= 0.6 is 17.0 Å². The van der Waals surface area contributed by atoms with Crippen molar-refractivity contribution in [3.8, 4) is 0 Å². The van der Waals surface area contributed by atoms with E-state index in [4.69, 9.17) is 5.73 Å². The van der Waals surface area contributed by atoms with Crippen molar-refractivity contribution in [3.63, 3.8) is 0 Å². The Morgan fingerprint density at radius 2 is 2.30 bits per heavy atom. The van der Waals surface area contributed by atoms with Crippen molar-refractivity contribution in [2.24, 2.45) is 7.05 Å². The van der Waals surface area contributed by atoms with Gasteiger partial charge in [0.25, 0.3) is 0 Å². The van der Waals surface area contributed by atoms with E-state index in [1.165, 1.54) is 4.57 Å². The van der Waals surface area contributed by atoms with Crippen molar-refractivity contribution in [2.75, 3.05) is 5.73 Å². The Labute approximate surface area is 68.5 Å². The van der Waals surface area contributed by atoms with Gasteiger partial charge in [0.05, 0.1) is 0 Å². The predicted octanol–water partition coefficient (Wildman–Crippen LogP) is -0.0596. The molecule has 0 atom stereocenters. The molecule has 1 heterocycles. The van der Waals surface area contributed by atoms with Crippen LogP contribution in [0.4, 0.5) is 5.82 Å². The zero-order valence-electron chi connectivity index (χ0n) is 5.44. The van der Waals surface area contributed by atoms with E-state index >= 15 is 0 Å². The molecule has 10 heavy (non-hydrogen) atoms. The maximum Gasteiger partial charge on any atom is 0.349 e. The lowest BCUT2D eigenvalue weighted by Gasteiger charge is -1.92. The summed E-state index contributed by atoms with van der Waals surface area (Å²) in [6.07, 6.45) is 1.57. The first-order valence-corrected chi connectivity index (χ1v) is 2.49. The summed E-state index contributed by atoms with van der Waals surface area (Å²) in [6, 6.07) is 1.57. The number of aryl methyl sites for hydroxylation is 1. The van der Waals surface area contributed by atoms with Crippen LogP contribution in [-0.4, -0.2) is 9.55 Å². The van der Waals surface area contributed by atoms with Gasteiger partial charge in [0, 0.05) is 13.2 Å². The average molecular weight is 206 g/mol. The quantitative estimate of drug-likeness (QED) is 0.646. The molecule has 0 unspecified atom stereocenters. The zero-order chi connectivity index (χ0) is 6.85. The number of hydrogen-bond acceptors (Lipinski definition) is 3. The summed E-state index contributed by atoms with van der Waals surface area (Å²) >= 11 is 0. The van der Waals surface area contributed by atoms with Crippen molar-refractivity contribution >= 4 is 22.8 Å². The summed E-state index contributed by atoms with van der Waals surface area (Å²) in [4.78, 5) is 14.1. The summed E-state index contributed by atoms with van der Waals surface area (Å²) in [5.41, 5.74) is 4.88. The zero-order valence-corrected chi connectivity index (χ0v) is 7.16. The number of anilines is 1. The van der Waals surface area contributed by atoms with Gasteiger partial charge in [-0.05, 0) is 6.07 Å². The van der Waals surface area contributed by atoms with E-state index in [0.29, 0.717) is 0 Å². The van der Waals surface area contributed by atoms with Crippen molar-refractivity contribution in [2.45, 2.75) is 0 Å². The monoisotopic (exact) mass is 205 g/mol. The van der Waals surface area contributed by atoms with Gasteiger partial charge in [0.2, 0.25) is 0 Å². The number of rotatable bonds is 0. The normalized spacial score (nSPS) is 8.50. The van der Waals surface area contributed by atoms with Crippen molar-refractivity contribution in [3.05, 3.63) is 22.7 Å². The summed E-state index contributed by atoms with van der Waals surface area (Å²) in [5.74, 6) is 0.262. The molecule has 0 amide bonds. The first-order chi connectivity index (χ1) is 4.20. The Balaban J connectivity index is 0.000000810. The lowest BCUT2D eigenvalue weighted by atomic mass is 10.6. The molecule has 0 aliphatic carbocycles. The minimum atomic E-state index is -0.324. The molecule has 0 aliphatic rings. The van der Waals surface area contributed by atoms with Crippen molar-refractivity contribution < 1.29 is 0 Å². The predicted molar refractivity (Wildman–Crippen MR) is 44.2 cm³/mol. The van der Waals surface area contributed by atoms with Crippen molar-refractivity contribution in [1.82, 2.24) is 9.55 Å². The van der Waals surface area contributed by atoms with Crippen LogP contribution in [0.1, 0.15) is 0 Å². The van der Waals surface area contributed by atoms with Gasteiger partial charge in [-0.1, -0.05) is 0 Å². The molecule has 0 saturated carbocycles. The largest absolute Gasteiger partial charge is 0.383 e. The van der Waals surface area contributed by atoms with Crippen LogP contribution in [0.2, 0.25) is 0 Å². The second-order valence-electron chi connectivity index (χ2n) is 1.75. The molecule has 5 heteroatoms. The number of nitrogens with zero attached hydrogens (tertiary/aromatic N) is 2. The second kappa shape index (κ2) is 3.36. The first kappa shape index (κ1) is 9.16. The topological polar surface area (TPSA) is 60.9 Å². The average Bonchev–Trinajstić information content (AvgIpc) is 1.80. The Morgan fingerprint density at radius 3 is 2.70 bits per heavy atom. The number of halogens is 1. The van der Waals surface area contributed by atoms with E-state index in [1.54, 1.807) is 19.3 Å². The summed E-state index contributed by atoms with van der Waals surface area (Å²) < 4.78 is 1.36. The van der Waals surface area contributed by atoms with Crippen molar-refractivity contribution in [1.29, 1.82) is 0 Å². The van der Waals surface area contributed by atoms with Gasteiger partial charge >= 0.3 is 5.69 Å². The SMILES string of the molecule is Br.Cn1ccc(N)nc1=O. The van der Waals surface area contributed by atoms with Gasteiger partial charge in [-0.25, -0.2) is 4.79 Å². The van der Waals surface area contributed by atoms with Crippen LogP contribution in [0.3, 0.4) is 0 Å². The summed E-state index contributed by atoms with van der Waals surface area (Å²) in [5, 5.41) is 0. The molecule has 56 valence electrons. The highest BCUT2D eigenvalue weighted by molar-refractivity contribution is 8.93. The van der Waals surface area contributed by atoms with Gasteiger partial charge in [-0.2, -0.15) is 4.98 Å². The standard InChI is InChI=1S/C5H7N3O.BrH/c1-8-3-2-4(6)7-5(8)9;/h2-3H,1H3,(H2,6,7,9);1H. The molecule has 1 aromatic heterocycles. The minimum Gasteiger partial charge on any atom is -0.383 e. The van der Waals surface area contributed by atoms with E-state index in [9.17, 15) is 4.79 Å². The van der Waals surface area contributed by atoms with Gasteiger partial charge < -0.3 is 10.3 Å². The molecule has 0 aliphatic heterocycles. The van der Waals surface area contributed by atoms with Gasteiger partial charge in [0.15, 0.2) is 0 Å². The maximum absolute atomic E-state index is 10.6. The van der Waals surface area contributed by atoms with Gasteiger partial charge in [0.1, 0.15) is 5.82 Å². The fourth-order valence-electron chi connectivity index (χ4n) is 0.479. The number of aromatic nitrogens is 2. The molecule has 4 nitrogen and oxygen atoms in total. The molecule has 2 N–H and O–H groups in total. The highest BCUT2D eigenvalue weighted by Crippen LogP contribution is 1.85. The van der Waals surface area contributed by atoms with Crippen LogP contribution in [0.25, 0.3) is 0 Å². The number of nitrogens with two attached hydrogens (primary N) is 1. The molecule has 1 aromatic rings. The van der Waals surface area contributed by atoms with Crippen LogP contribution < -0.4 is 11.4 Å². The fraction of sp³-hybridized carbons (Fsp3) is 0.200. The van der Waals surface area contributed by atoms with Crippen LogP contribution in [0, 0.1) is 0 Å². The molecule has 0 fully saturated rings. The lowest BCUT2D eigenvalue weighted by Crippen LogP contribution is -2.19. The van der Waals surface area contributed by atoms with Crippen LogP contribution in [-0.2, 0) is 7.05 Å². The smallest absolute Gasteiger partial charge is 0.349 e. The fourth-order valence-corrected chi connectivity index (χ4v) is 0.479. The van der Waals surface area contributed by atoms with E-state index in [0.717, 1.165) is 0 Å². The first-order valence-electron chi connectivity index (χ1n) is 2.49. The van der Waals surface area contributed by atoms with Crippen LogP contribution in [0.15, 0.2) is 17.1 Å². The Morgan fingerprint density at radius 1 is 1.70 bits per heavy atom. The Hall–Kier alpha value is -0.840. The molecule has 1 rings (SSSR count). The molecule has 0 saturated heterocycles. The molecule has 0 radical (unpaired) electrons. The molecule has 0 spiro atoms. The van der Waals surface area contributed by atoms with E-state index in [-0.39, 0.29) is 28.5 Å². The van der Waals surface area contributed by atoms with Crippen LogP contribution in [0.5, 0.6) is 0 Å². The highest BCUT2D eigenvalue weighted by Gasteiger charge is 1.88.